The van der Waals surface area contributed by atoms with Gasteiger partial charge in [0.1, 0.15) is 5.75 Å². The molecule has 1 saturated heterocycles. The van der Waals surface area contributed by atoms with E-state index < -0.39 is 0 Å². The number of rotatable bonds is 7. The molecular weight excluding hydrogens is 444 g/mol. The fraction of sp³-hybridized carbons (Fsp3) is 0.417. The summed E-state index contributed by atoms with van der Waals surface area (Å²) in [5, 5.41) is 2.89. The minimum absolute atomic E-state index is 0.0670. The number of nitrogens with zero attached hydrogens (tertiary/aromatic N) is 1. The van der Waals surface area contributed by atoms with Crippen LogP contribution in [0.15, 0.2) is 46.9 Å². The van der Waals surface area contributed by atoms with Crippen LogP contribution in [0, 0.1) is 0 Å². The van der Waals surface area contributed by atoms with Gasteiger partial charge in [-0.1, -0.05) is 26.2 Å². The molecule has 0 saturated carbocycles. The maximum Gasteiger partial charge on any atom is 0.255 e. The Balaban J connectivity index is 1.60. The highest BCUT2D eigenvalue weighted by Gasteiger charge is 2.17. The van der Waals surface area contributed by atoms with Gasteiger partial charge in [-0.15, -0.1) is 0 Å². The van der Waals surface area contributed by atoms with Crippen LogP contribution in [0.2, 0.25) is 0 Å². The molecule has 1 aliphatic rings. The van der Waals surface area contributed by atoms with E-state index in [1.54, 1.807) is 42.5 Å². The molecule has 6 heteroatoms. The summed E-state index contributed by atoms with van der Waals surface area (Å²) in [4.78, 5) is 27.2. The second-order valence-corrected chi connectivity index (χ2v) is 8.44. The van der Waals surface area contributed by atoms with Crippen LogP contribution in [0.5, 0.6) is 5.75 Å². The highest BCUT2D eigenvalue weighted by molar-refractivity contribution is 9.10. The second kappa shape index (κ2) is 11.2. The number of nitrogens with one attached hydrogen (secondary N) is 1. The first kappa shape index (κ1) is 22.3. The molecule has 2 aromatic rings. The molecule has 3 rings (SSSR count). The van der Waals surface area contributed by atoms with E-state index in [9.17, 15) is 9.59 Å². The zero-order valence-electron chi connectivity index (χ0n) is 17.5. The average molecular weight is 473 g/mol. The molecule has 2 amide bonds. The van der Waals surface area contributed by atoms with E-state index in [-0.39, 0.29) is 11.8 Å². The number of anilines is 1. The topological polar surface area (TPSA) is 58.6 Å². The van der Waals surface area contributed by atoms with Gasteiger partial charge in [0.15, 0.2) is 0 Å². The summed E-state index contributed by atoms with van der Waals surface area (Å²) in [6.07, 6.45) is 6.58. The lowest BCUT2D eigenvalue weighted by atomic mass is 10.1. The third kappa shape index (κ3) is 6.08. The largest absolute Gasteiger partial charge is 0.492 e. The van der Waals surface area contributed by atoms with Gasteiger partial charge in [-0.3, -0.25) is 9.59 Å². The zero-order chi connectivity index (χ0) is 21.3. The summed E-state index contributed by atoms with van der Waals surface area (Å²) >= 11 is 3.47. The summed E-state index contributed by atoms with van der Waals surface area (Å²) in [6, 6.07) is 12.4. The van der Waals surface area contributed by atoms with E-state index >= 15 is 0 Å². The van der Waals surface area contributed by atoms with Crippen molar-refractivity contribution in [2.75, 3.05) is 25.0 Å². The maximum absolute atomic E-state index is 12.7. The number of carbonyl (C=O) groups is 2. The molecule has 0 aliphatic carbocycles. The van der Waals surface area contributed by atoms with Gasteiger partial charge in [-0.25, -0.2) is 0 Å². The van der Waals surface area contributed by atoms with Crippen molar-refractivity contribution in [2.45, 2.75) is 45.4 Å². The van der Waals surface area contributed by atoms with Crippen LogP contribution in [-0.4, -0.2) is 36.4 Å². The van der Waals surface area contributed by atoms with Crippen LogP contribution in [0.1, 0.15) is 66.2 Å². The smallest absolute Gasteiger partial charge is 0.255 e. The highest BCUT2D eigenvalue weighted by Crippen LogP contribution is 2.27. The normalized spacial score (nSPS) is 14.1. The molecule has 0 bridgehead atoms. The number of ether oxygens (including phenoxy) is 1. The quantitative estimate of drug-likeness (QED) is 0.510. The first-order valence-electron chi connectivity index (χ1n) is 10.7. The molecule has 0 unspecified atom stereocenters. The Morgan fingerprint density at radius 1 is 1.00 bits per heavy atom. The summed E-state index contributed by atoms with van der Waals surface area (Å²) in [5.41, 5.74) is 1.85. The van der Waals surface area contributed by atoms with Crippen LogP contribution in [0.3, 0.4) is 0 Å². The van der Waals surface area contributed by atoms with Crippen molar-refractivity contribution in [3.05, 3.63) is 58.1 Å². The van der Waals surface area contributed by atoms with Crippen molar-refractivity contribution in [1.82, 2.24) is 4.90 Å². The average Bonchev–Trinajstić information content (AvgIpc) is 3.04. The van der Waals surface area contributed by atoms with Gasteiger partial charge < -0.3 is 15.0 Å². The van der Waals surface area contributed by atoms with Gasteiger partial charge >= 0.3 is 0 Å². The lowest BCUT2D eigenvalue weighted by Crippen LogP contribution is -2.31. The van der Waals surface area contributed by atoms with Crippen molar-refractivity contribution in [1.29, 1.82) is 0 Å². The molecule has 0 atom stereocenters. The molecule has 1 fully saturated rings. The molecule has 0 spiro atoms. The SMILES string of the molecule is CCCCOc1ccc(C(=O)Nc2ccc(C(=O)N3CCCCCC3)cc2)cc1Br. The lowest BCUT2D eigenvalue weighted by molar-refractivity contribution is 0.0761. The summed E-state index contributed by atoms with van der Waals surface area (Å²) < 4.78 is 6.46. The van der Waals surface area contributed by atoms with Crippen molar-refractivity contribution >= 4 is 33.4 Å². The fourth-order valence-electron chi connectivity index (χ4n) is 3.44. The molecule has 1 aliphatic heterocycles. The van der Waals surface area contributed by atoms with Gasteiger partial charge in [0.25, 0.3) is 11.8 Å². The van der Waals surface area contributed by atoms with Gasteiger partial charge in [0.2, 0.25) is 0 Å². The van der Waals surface area contributed by atoms with E-state index in [0.717, 1.165) is 49.0 Å². The Morgan fingerprint density at radius 3 is 2.30 bits per heavy atom. The number of benzene rings is 2. The predicted molar refractivity (Wildman–Crippen MR) is 123 cm³/mol. The van der Waals surface area contributed by atoms with Crippen LogP contribution in [-0.2, 0) is 0 Å². The van der Waals surface area contributed by atoms with Crippen LogP contribution >= 0.6 is 15.9 Å². The Kier molecular flexibility index (Phi) is 8.31. The zero-order valence-corrected chi connectivity index (χ0v) is 19.0. The Morgan fingerprint density at radius 2 is 1.67 bits per heavy atom. The molecule has 1 N–H and O–H groups in total. The van der Waals surface area contributed by atoms with Gasteiger partial charge in [0, 0.05) is 29.9 Å². The third-order valence-electron chi connectivity index (χ3n) is 5.23. The van der Waals surface area contributed by atoms with Gasteiger partial charge in [-0.2, -0.15) is 0 Å². The summed E-state index contributed by atoms with van der Waals surface area (Å²) in [7, 11) is 0. The molecular formula is C24H29BrN2O3. The number of unbranched alkanes of at least 4 members (excludes halogenated alkanes) is 1. The monoisotopic (exact) mass is 472 g/mol. The fourth-order valence-corrected chi connectivity index (χ4v) is 3.93. The number of amides is 2. The first-order valence-corrected chi connectivity index (χ1v) is 11.5. The predicted octanol–water partition coefficient (Wildman–Crippen LogP) is 5.90. The Bertz CT molecular complexity index is 859. The lowest BCUT2D eigenvalue weighted by Gasteiger charge is -2.20. The number of hydrogen-bond acceptors (Lipinski definition) is 3. The van der Waals surface area contributed by atoms with E-state index in [1.165, 1.54) is 12.8 Å². The van der Waals surface area contributed by atoms with Crippen LogP contribution in [0.4, 0.5) is 5.69 Å². The number of hydrogen-bond donors (Lipinski definition) is 1. The van der Waals surface area contributed by atoms with E-state index in [4.69, 9.17) is 4.74 Å². The number of carbonyl (C=O) groups excluding carboxylic acids is 2. The third-order valence-corrected chi connectivity index (χ3v) is 5.85. The molecule has 160 valence electrons. The maximum atomic E-state index is 12.7. The van der Waals surface area contributed by atoms with E-state index in [1.807, 2.05) is 4.90 Å². The van der Waals surface area contributed by atoms with E-state index in [2.05, 4.69) is 28.2 Å². The van der Waals surface area contributed by atoms with Gasteiger partial charge in [-0.05, 0) is 77.7 Å². The minimum atomic E-state index is -0.206. The van der Waals surface area contributed by atoms with Crippen molar-refractivity contribution < 1.29 is 14.3 Å². The van der Waals surface area contributed by atoms with Crippen molar-refractivity contribution in [3.63, 3.8) is 0 Å². The molecule has 5 nitrogen and oxygen atoms in total. The molecule has 0 radical (unpaired) electrons. The van der Waals surface area contributed by atoms with Crippen molar-refractivity contribution in [2.24, 2.45) is 0 Å². The molecule has 0 aromatic heterocycles. The Hall–Kier alpha value is -2.34. The second-order valence-electron chi connectivity index (χ2n) is 7.59. The molecule has 1 heterocycles. The van der Waals surface area contributed by atoms with Crippen LogP contribution < -0.4 is 10.1 Å². The number of likely N-dealkylation sites (tertiary alicyclic amines) is 1. The highest BCUT2D eigenvalue weighted by atomic mass is 79.9. The van der Waals surface area contributed by atoms with E-state index in [0.29, 0.717) is 23.4 Å². The summed E-state index contributed by atoms with van der Waals surface area (Å²) in [5.74, 6) is 0.594. The summed E-state index contributed by atoms with van der Waals surface area (Å²) in [6.45, 7) is 4.42. The molecule has 30 heavy (non-hydrogen) atoms. The standard InChI is InChI=1S/C24H29BrN2O3/c1-2-3-16-30-22-13-10-19(17-21(22)25)23(28)26-20-11-8-18(9-12-20)24(29)27-14-6-4-5-7-15-27/h8-13,17H,2-7,14-16H2,1H3,(H,26,28). The Labute approximate surface area is 186 Å². The minimum Gasteiger partial charge on any atom is -0.492 e. The van der Waals surface area contributed by atoms with Gasteiger partial charge in [0.05, 0.1) is 11.1 Å². The number of halogens is 1. The van der Waals surface area contributed by atoms with Crippen LogP contribution in [0.25, 0.3) is 0 Å². The first-order chi connectivity index (χ1) is 14.6. The molecule has 2 aromatic carbocycles. The van der Waals surface area contributed by atoms with Crippen molar-refractivity contribution in [3.8, 4) is 5.75 Å².